The summed E-state index contributed by atoms with van der Waals surface area (Å²) in [5.74, 6) is -1.84. The van der Waals surface area contributed by atoms with Crippen molar-refractivity contribution in [1.82, 2.24) is 15.2 Å². The second-order valence-electron chi connectivity index (χ2n) is 3.12. The first-order valence-corrected chi connectivity index (χ1v) is 4.65. The van der Waals surface area contributed by atoms with Crippen molar-refractivity contribution in [3.63, 3.8) is 0 Å². The summed E-state index contributed by atoms with van der Waals surface area (Å²) < 4.78 is 4.28. The van der Waals surface area contributed by atoms with Gasteiger partial charge < -0.3 is 15.7 Å². The highest BCUT2D eigenvalue weighted by atomic mass is 16.6. The van der Waals surface area contributed by atoms with Crippen molar-refractivity contribution in [2.45, 2.75) is 13.3 Å². The Hall–Kier alpha value is -2.12. The van der Waals surface area contributed by atoms with Gasteiger partial charge in [-0.15, -0.1) is 0 Å². The second-order valence-corrected chi connectivity index (χ2v) is 3.12. The van der Waals surface area contributed by atoms with Crippen molar-refractivity contribution >= 4 is 17.7 Å². The molecule has 0 aliphatic carbocycles. The van der Waals surface area contributed by atoms with Gasteiger partial charge in [-0.05, 0) is 16.7 Å². The fourth-order valence-corrected chi connectivity index (χ4v) is 1.18. The van der Waals surface area contributed by atoms with Crippen LogP contribution in [0.4, 0.5) is 5.82 Å². The van der Waals surface area contributed by atoms with Crippen LogP contribution in [0.25, 0.3) is 0 Å². The maximum Gasteiger partial charge on any atom is 0.323 e. The summed E-state index contributed by atoms with van der Waals surface area (Å²) in [5, 5.41) is 15.2. The van der Waals surface area contributed by atoms with Crippen molar-refractivity contribution in [2.75, 3.05) is 18.8 Å². The minimum absolute atomic E-state index is 0.142. The molecule has 1 aromatic heterocycles. The minimum Gasteiger partial charge on any atom is -0.480 e. The van der Waals surface area contributed by atoms with E-state index in [1.54, 1.807) is 0 Å². The number of carbonyl (C=O) groups excluding carboxylic acids is 1. The van der Waals surface area contributed by atoms with E-state index in [1.807, 2.05) is 6.92 Å². The van der Waals surface area contributed by atoms with Gasteiger partial charge in [0.1, 0.15) is 6.54 Å². The van der Waals surface area contributed by atoms with E-state index in [2.05, 4.69) is 14.9 Å². The summed E-state index contributed by atoms with van der Waals surface area (Å²) >= 11 is 0. The molecule has 0 aliphatic heterocycles. The van der Waals surface area contributed by atoms with Gasteiger partial charge in [-0.3, -0.25) is 9.59 Å². The number of aromatic nitrogens is 2. The fraction of sp³-hybridized carbons (Fsp3) is 0.500. The van der Waals surface area contributed by atoms with Crippen molar-refractivity contribution in [3.05, 3.63) is 5.69 Å². The summed E-state index contributed by atoms with van der Waals surface area (Å²) in [7, 11) is 0. The molecule has 1 aromatic rings. The molecule has 3 N–H and O–H groups in total. The summed E-state index contributed by atoms with van der Waals surface area (Å²) in [6.07, 6.45) is 0.629. The Morgan fingerprint density at radius 3 is 2.62 bits per heavy atom. The molecule has 0 aliphatic rings. The lowest BCUT2D eigenvalue weighted by Gasteiger charge is -2.18. The van der Waals surface area contributed by atoms with E-state index in [9.17, 15) is 9.59 Å². The molecule has 0 spiro atoms. The zero-order valence-corrected chi connectivity index (χ0v) is 8.71. The van der Waals surface area contributed by atoms with Gasteiger partial charge in [0.05, 0.1) is 0 Å². The van der Waals surface area contributed by atoms with Crippen molar-refractivity contribution in [1.29, 1.82) is 0 Å². The van der Waals surface area contributed by atoms with Crippen LogP contribution in [0, 0.1) is 0 Å². The molecule has 0 saturated heterocycles. The minimum atomic E-state index is -1.10. The molecule has 8 heteroatoms. The van der Waals surface area contributed by atoms with Crippen LogP contribution in [0.2, 0.25) is 0 Å². The first kappa shape index (κ1) is 12.0. The number of nitrogen functional groups attached to an aromatic ring is 1. The summed E-state index contributed by atoms with van der Waals surface area (Å²) in [5.41, 5.74) is 5.19. The standard InChI is InChI=1S/C8H12N4O4/c1-2-3-12(4-5(13)14)8(15)6-7(9)11-16-10-6/h2-4H2,1H3,(H2,9,11)(H,13,14). The van der Waals surface area contributed by atoms with E-state index >= 15 is 0 Å². The van der Waals surface area contributed by atoms with Gasteiger partial charge in [0, 0.05) is 6.54 Å². The highest BCUT2D eigenvalue weighted by Gasteiger charge is 2.23. The Balaban J connectivity index is 2.82. The van der Waals surface area contributed by atoms with E-state index in [0.29, 0.717) is 13.0 Å². The molecule has 1 amide bonds. The Kier molecular flexibility index (Phi) is 3.81. The zero-order valence-electron chi connectivity index (χ0n) is 8.71. The van der Waals surface area contributed by atoms with Crippen LogP contribution in [-0.2, 0) is 4.79 Å². The molecule has 88 valence electrons. The molecule has 1 rings (SSSR count). The summed E-state index contributed by atoms with van der Waals surface area (Å²) in [4.78, 5) is 23.5. The fourth-order valence-electron chi connectivity index (χ4n) is 1.18. The Morgan fingerprint density at radius 1 is 1.50 bits per heavy atom. The predicted octanol–water partition coefficient (Wildman–Crippen LogP) is -0.411. The number of aliphatic carboxylic acids is 1. The van der Waals surface area contributed by atoms with Crippen LogP contribution in [0.3, 0.4) is 0 Å². The number of nitrogens with zero attached hydrogens (tertiary/aromatic N) is 3. The number of anilines is 1. The maximum atomic E-state index is 11.8. The monoisotopic (exact) mass is 228 g/mol. The van der Waals surface area contributed by atoms with E-state index in [0.717, 1.165) is 4.90 Å². The van der Waals surface area contributed by atoms with Crippen LogP contribution >= 0.6 is 0 Å². The largest absolute Gasteiger partial charge is 0.480 e. The molecular weight excluding hydrogens is 216 g/mol. The second kappa shape index (κ2) is 5.10. The van der Waals surface area contributed by atoms with Crippen LogP contribution < -0.4 is 5.73 Å². The third-order valence-electron chi connectivity index (χ3n) is 1.82. The molecule has 0 bridgehead atoms. The number of hydrogen-bond donors (Lipinski definition) is 2. The number of nitrogens with two attached hydrogens (primary N) is 1. The SMILES string of the molecule is CCCN(CC(=O)O)C(=O)c1nonc1N. The normalized spacial score (nSPS) is 10.1. The van der Waals surface area contributed by atoms with Gasteiger partial charge in [0.15, 0.2) is 0 Å². The topological polar surface area (TPSA) is 123 Å². The lowest BCUT2D eigenvalue weighted by molar-refractivity contribution is -0.137. The van der Waals surface area contributed by atoms with Gasteiger partial charge in [-0.25, -0.2) is 4.63 Å². The number of hydrogen-bond acceptors (Lipinski definition) is 6. The highest BCUT2D eigenvalue weighted by Crippen LogP contribution is 2.08. The third-order valence-corrected chi connectivity index (χ3v) is 1.82. The molecule has 0 unspecified atom stereocenters. The predicted molar refractivity (Wildman–Crippen MR) is 52.5 cm³/mol. The van der Waals surface area contributed by atoms with Crippen LogP contribution in [-0.4, -0.2) is 45.3 Å². The number of carboxylic acid groups (broad SMARTS) is 1. The Bertz CT molecular complexity index is 389. The molecule has 0 saturated carbocycles. The number of amides is 1. The smallest absolute Gasteiger partial charge is 0.323 e. The summed E-state index contributed by atoms with van der Waals surface area (Å²) in [6, 6.07) is 0. The van der Waals surface area contributed by atoms with E-state index in [1.165, 1.54) is 0 Å². The average Bonchev–Trinajstić information content (AvgIpc) is 2.62. The van der Waals surface area contributed by atoms with Crippen molar-refractivity contribution < 1.29 is 19.3 Å². The number of carboxylic acids is 1. The Labute approximate surface area is 91.0 Å². The highest BCUT2D eigenvalue weighted by molar-refractivity contribution is 5.97. The van der Waals surface area contributed by atoms with Crippen molar-refractivity contribution in [3.8, 4) is 0 Å². The lowest BCUT2D eigenvalue weighted by Crippen LogP contribution is -2.36. The number of rotatable bonds is 5. The van der Waals surface area contributed by atoms with Gasteiger partial charge >= 0.3 is 5.97 Å². The Morgan fingerprint density at radius 2 is 2.19 bits per heavy atom. The lowest BCUT2D eigenvalue weighted by atomic mass is 10.3. The first-order chi connectivity index (χ1) is 7.56. The maximum absolute atomic E-state index is 11.8. The molecule has 1 heterocycles. The van der Waals surface area contributed by atoms with Gasteiger partial charge in [0.2, 0.25) is 11.5 Å². The van der Waals surface area contributed by atoms with Crippen molar-refractivity contribution in [2.24, 2.45) is 0 Å². The van der Waals surface area contributed by atoms with Crippen LogP contribution in [0.5, 0.6) is 0 Å². The first-order valence-electron chi connectivity index (χ1n) is 4.65. The molecular formula is C8H12N4O4. The van der Waals surface area contributed by atoms with Gasteiger partial charge in [-0.1, -0.05) is 6.92 Å². The van der Waals surface area contributed by atoms with E-state index in [-0.39, 0.29) is 11.5 Å². The third kappa shape index (κ3) is 2.69. The van der Waals surface area contributed by atoms with Crippen LogP contribution in [0.15, 0.2) is 4.63 Å². The van der Waals surface area contributed by atoms with Gasteiger partial charge in [-0.2, -0.15) is 0 Å². The van der Waals surface area contributed by atoms with Gasteiger partial charge in [0.25, 0.3) is 5.91 Å². The molecule has 0 fully saturated rings. The molecule has 8 nitrogen and oxygen atoms in total. The molecule has 16 heavy (non-hydrogen) atoms. The molecule has 0 atom stereocenters. The zero-order chi connectivity index (χ0) is 12.1. The summed E-state index contributed by atoms with van der Waals surface area (Å²) in [6.45, 7) is 1.73. The van der Waals surface area contributed by atoms with E-state index < -0.39 is 18.4 Å². The van der Waals surface area contributed by atoms with E-state index in [4.69, 9.17) is 10.8 Å². The quantitative estimate of drug-likeness (QED) is 0.702. The molecule has 0 radical (unpaired) electrons. The van der Waals surface area contributed by atoms with Crippen LogP contribution in [0.1, 0.15) is 23.8 Å². The molecule has 0 aromatic carbocycles. The number of carbonyl (C=O) groups is 2. The average molecular weight is 228 g/mol.